The summed E-state index contributed by atoms with van der Waals surface area (Å²) in [5, 5.41) is 0. The number of benzene rings is 1. The van der Waals surface area contributed by atoms with Crippen molar-refractivity contribution >= 4 is 5.78 Å². The van der Waals surface area contributed by atoms with E-state index < -0.39 is 23.5 Å². The zero-order valence-corrected chi connectivity index (χ0v) is 16.0. The van der Waals surface area contributed by atoms with Crippen molar-refractivity contribution in [3.8, 4) is 0 Å². The van der Waals surface area contributed by atoms with Crippen LogP contribution in [0, 0.1) is 5.82 Å². The maximum Gasteiger partial charge on any atom is 0.416 e. The first-order chi connectivity index (χ1) is 14.1. The lowest BCUT2D eigenvalue weighted by Gasteiger charge is -2.18. The maximum atomic E-state index is 14.4. The number of aryl methyl sites for hydroxylation is 1. The number of carbonyl (C=O) groups excluding carboxylic acids is 1. The second-order valence-corrected chi connectivity index (χ2v) is 6.95. The molecule has 2 aromatic heterocycles. The molecule has 1 atom stereocenters. The molecule has 0 fully saturated rings. The monoisotopic (exact) mass is 418 g/mol. The number of ketones is 1. The summed E-state index contributed by atoms with van der Waals surface area (Å²) in [5.41, 5.74) is -0.267. The van der Waals surface area contributed by atoms with Crippen molar-refractivity contribution in [2.45, 2.75) is 24.9 Å². The molecule has 156 valence electrons. The van der Waals surface area contributed by atoms with E-state index in [0.717, 1.165) is 12.1 Å². The zero-order valence-electron chi connectivity index (χ0n) is 16.0. The Kier molecular flexibility index (Phi) is 6.14. The molecule has 0 saturated heterocycles. The van der Waals surface area contributed by atoms with E-state index in [1.165, 1.54) is 47.3 Å². The van der Waals surface area contributed by atoms with Crippen LogP contribution in [0.4, 0.5) is 17.6 Å². The van der Waals surface area contributed by atoms with E-state index in [9.17, 15) is 27.2 Å². The van der Waals surface area contributed by atoms with Crippen molar-refractivity contribution in [2.75, 3.05) is 0 Å². The Morgan fingerprint density at radius 2 is 1.83 bits per heavy atom. The Bertz CT molecular complexity index is 1110. The second kappa shape index (κ2) is 8.61. The number of halogens is 4. The summed E-state index contributed by atoms with van der Waals surface area (Å²) in [4.78, 5) is 28.4. The number of aromatic nitrogens is 2. The quantitative estimate of drug-likeness (QED) is 0.562. The van der Waals surface area contributed by atoms with E-state index in [1.807, 2.05) is 0 Å². The van der Waals surface area contributed by atoms with Gasteiger partial charge in [-0.2, -0.15) is 13.2 Å². The van der Waals surface area contributed by atoms with Gasteiger partial charge >= 0.3 is 6.18 Å². The summed E-state index contributed by atoms with van der Waals surface area (Å²) < 4.78 is 54.3. The smallest absolute Gasteiger partial charge is 0.319 e. The standard InChI is InChI=1S/C22H18F4N2O2/c1-28-10-8-14(12-20(28)30)11-17(29)13-18(21-19(23)3-2-9-27-21)15-4-6-16(7-5-15)22(24,25)26/h2-10,12,18H,11,13H2,1H3/t18-/m0/s1. The highest BCUT2D eigenvalue weighted by Gasteiger charge is 2.31. The molecule has 0 saturated carbocycles. The van der Waals surface area contributed by atoms with Crippen LogP contribution in [0.15, 0.2) is 65.7 Å². The van der Waals surface area contributed by atoms with Crippen molar-refractivity contribution in [1.29, 1.82) is 0 Å². The highest BCUT2D eigenvalue weighted by molar-refractivity contribution is 5.82. The lowest BCUT2D eigenvalue weighted by atomic mass is 9.88. The molecular formula is C22H18F4N2O2. The van der Waals surface area contributed by atoms with Crippen LogP contribution in [-0.4, -0.2) is 15.3 Å². The van der Waals surface area contributed by atoms with Gasteiger partial charge in [-0.05, 0) is 41.5 Å². The molecule has 0 unspecified atom stereocenters. The second-order valence-electron chi connectivity index (χ2n) is 6.95. The highest BCUT2D eigenvalue weighted by Crippen LogP contribution is 2.33. The van der Waals surface area contributed by atoms with Gasteiger partial charge < -0.3 is 4.57 Å². The zero-order chi connectivity index (χ0) is 21.9. The van der Waals surface area contributed by atoms with Gasteiger partial charge in [0, 0.05) is 44.3 Å². The molecule has 1 aromatic carbocycles. The molecule has 0 bridgehead atoms. The molecule has 0 spiro atoms. The average molecular weight is 418 g/mol. The Balaban J connectivity index is 1.90. The summed E-state index contributed by atoms with van der Waals surface area (Å²) in [6.07, 6.45) is -1.83. The van der Waals surface area contributed by atoms with Gasteiger partial charge in [-0.3, -0.25) is 14.6 Å². The number of alkyl halides is 3. The number of Topliss-reactive ketones (excluding diaryl/α,β-unsaturated/α-hetero) is 1. The molecular weight excluding hydrogens is 400 g/mol. The van der Waals surface area contributed by atoms with Gasteiger partial charge in [0.15, 0.2) is 0 Å². The van der Waals surface area contributed by atoms with Crippen molar-refractivity contribution in [3.05, 3.63) is 99.5 Å². The number of rotatable bonds is 6. The van der Waals surface area contributed by atoms with Gasteiger partial charge in [0.05, 0.1) is 11.3 Å². The molecule has 0 N–H and O–H groups in total. The number of pyridine rings is 2. The molecule has 3 aromatic rings. The molecule has 0 aliphatic rings. The van der Waals surface area contributed by atoms with Gasteiger partial charge in [0.2, 0.25) is 0 Å². The summed E-state index contributed by atoms with van der Waals surface area (Å²) in [7, 11) is 1.58. The van der Waals surface area contributed by atoms with E-state index >= 15 is 0 Å². The molecule has 2 heterocycles. The molecule has 8 heteroatoms. The first kappa shape index (κ1) is 21.4. The average Bonchev–Trinajstić information content (AvgIpc) is 2.69. The lowest BCUT2D eigenvalue weighted by molar-refractivity contribution is -0.137. The van der Waals surface area contributed by atoms with Gasteiger partial charge in [0.25, 0.3) is 5.56 Å². The van der Waals surface area contributed by atoms with Crippen molar-refractivity contribution in [1.82, 2.24) is 9.55 Å². The fourth-order valence-electron chi connectivity index (χ4n) is 3.16. The number of nitrogens with zero attached hydrogens (tertiary/aromatic N) is 2. The SMILES string of the molecule is Cn1ccc(CC(=O)C[C@@H](c2ccc(C(F)(F)F)cc2)c2ncccc2F)cc1=O. The Morgan fingerprint density at radius 1 is 1.13 bits per heavy atom. The predicted octanol–water partition coefficient (Wildman–Crippen LogP) is 4.27. The van der Waals surface area contributed by atoms with Gasteiger partial charge in [-0.15, -0.1) is 0 Å². The van der Waals surface area contributed by atoms with Crippen molar-refractivity contribution in [2.24, 2.45) is 7.05 Å². The van der Waals surface area contributed by atoms with Crippen LogP contribution in [0.5, 0.6) is 0 Å². The van der Waals surface area contributed by atoms with E-state index in [1.54, 1.807) is 13.1 Å². The fourth-order valence-corrected chi connectivity index (χ4v) is 3.16. The number of hydrogen-bond acceptors (Lipinski definition) is 3. The van der Waals surface area contributed by atoms with Gasteiger partial charge in [-0.1, -0.05) is 12.1 Å². The minimum Gasteiger partial charge on any atom is -0.319 e. The lowest BCUT2D eigenvalue weighted by Crippen LogP contribution is -2.18. The van der Waals surface area contributed by atoms with Crippen LogP contribution in [0.1, 0.15) is 34.7 Å². The summed E-state index contributed by atoms with van der Waals surface area (Å²) in [6.45, 7) is 0. The summed E-state index contributed by atoms with van der Waals surface area (Å²) in [5.74, 6) is -1.80. The minimum atomic E-state index is -4.50. The summed E-state index contributed by atoms with van der Waals surface area (Å²) in [6, 6.07) is 9.80. The molecule has 3 rings (SSSR count). The number of hydrogen-bond donors (Lipinski definition) is 0. The van der Waals surface area contributed by atoms with Crippen molar-refractivity contribution < 1.29 is 22.4 Å². The largest absolute Gasteiger partial charge is 0.416 e. The van der Waals surface area contributed by atoms with E-state index in [4.69, 9.17) is 0 Å². The molecule has 0 aliphatic carbocycles. The van der Waals surface area contributed by atoms with E-state index in [0.29, 0.717) is 11.1 Å². The predicted molar refractivity (Wildman–Crippen MR) is 102 cm³/mol. The Labute approximate surface area is 169 Å². The molecule has 0 aliphatic heterocycles. The molecule has 30 heavy (non-hydrogen) atoms. The third-order valence-corrected chi connectivity index (χ3v) is 4.76. The van der Waals surface area contributed by atoms with Crippen molar-refractivity contribution in [3.63, 3.8) is 0 Å². The maximum absolute atomic E-state index is 14.4. The van der Waals surface area contributed by atoms with Crippen LogP contribution >= 0.6 is 0 Å². The topological polar surface area (TPSA) is 52.0 Å². The van der Waals surface area contributed by atoms with Crippen LogP contribution < -0.4 is 5.56 Å². The van der Waals surface area contributed by atoms with E-state index in [2.05, 4.69) is 4.98 Å². The fraction of sp³-hybridized carbons (Fsp3) is 0.227. The van der Waals surface area contributed by atoms with Gasteiger partial charge in [-0.25, -0.2) is 4.39 Å². The normalized spacial score (nSPS) is 12.6. The Morgan fingerprint density at radius 3 is 2.43 bits per heavy atom. The minimum absolute atomic E-state index is 0.0189. The van der Waals surface area contributed by atoms with Crippen LogP contribution in [0.2, 0.25) is 0 Å². The summed E-state index contributed by atoms with van der Waals surface area (Å²) >= 11 is 0. The molecule has 4 nitrogen and oxygen atoms in total. The highest BCUT2D eigenvalue weighted by atomic mass is 19.4. The third-order valence-electron chi connectivity index (χ3n) is 4.76. The van der Waals surface area contributed by atoms with Gasteiger partial charge in [0.1, 0.15) is 11.6 Å². The van der Waals surface area contributed by atoms with Crippen LogP contribution in [0.25, 0.3) is 0 Å². The van der Waals surface area contributed by atoms with Crippen LogP contribution in [-0.2, 0) is 24.4 Å². The molecule has 0 amide bonds. The third kappa shape index (κ3) is 5.00. The Hall–Kier alpha value is -3.29. The van der Waals surface area contributed by atoms with Crippen LogP contribution in [0.3, 0.4) is 0 Å². The number of carbonyl (C=O) groups is 1. The first-order valence-electron chi connectivity index (χ1n) is 9.10. The van der Waals surface area contributed by atoms with E-state index in [-0.39, 0.29) is 29.9 Å². The molecule has 0 radical (unpaired) electrons. The first-order valence-corrected chi connectivity index (χ1v) is 9.10.